The molecule has 0 spiro atoms. The highest BCUT2D eigenvalue weighted by molar-refractivity contribution is 8.02. The summed E-state index contributed by atoms with van der Waals surface area (Å²) in [5.41, 5.74) is 1.42. The quantitative estimate of drug-likeness (QED) is 0.543. The molecule has 1 aromatic rings. The Morgan fingerprint density at radius 2 is 2.50 bits per heavy atom. The number of hydrogen-bond acceptors (Lipinski definition) is 1. The molecule has 0 fully saturated rings. The van der Waals surface area contributed by atoms with Crippen molar-refractivity contribution in [1.82, 2.24) is 0 Å². The first kappa shape index (κ1) is 6.05. The van der Waals surface area contributed by atoms with Crippen LogP contribution in [0.15, 0.2) is 34.6 Å². The molecule has 1 aromatic carbocycles. The maximum absolute atomic E-state index is 3.07. The van der Waals surface area contributed by atoms with Crippen LogP contribution in [-0.4, -0.2) is 0 Å². The first-order chi connectivity index (χ1) is 4.97. The van der Waals surface area contributed by atoms with E-state index >= 15 is 0 Å². The fourth-order valence-electron chi connectivity index (χ4n) is 1.02. The molecule has 0 atom stereocenters. The Bertz CT molecular complexity index is 236. The van der Waals surface area contributed by atoms with Crippen LogP contribution in [0.25, 0.3) is 0 Å². The summed E-state index contributed by atoms with van der Waals surface area (Å²) in [6.07, 6.45) is 3.27. The molecule has 0 amide bonds. The van der Waals surface area contributed by atoms with E-state index in [2.05, 4.69) is 23.6 Å². The molecule has 1 aliphatic heterocycles. The van der Waals surface area contributed by atoms with Gasteiger partial charge in [-0.25, -0.2) is 0 Å². The zero-order valence-corrected chi connectivity index (χ0v) is 6.32. The molecule has 1 aliphatic rings. The van der Waals surface area contributed by atoms with Gasteiger partial charge in [0.1, 0.15) is 0 Å². The van der Waals surface area contributed by atoms with E-state index in [0.717, 1.165) is 6.42 Å². The maximum Gasteiger partial charge on any atom is 0.0157 e. The second kappa shape index (κ2) is 2.51. The summed E-state index contributed by atoms with van der Waals surface area (Å²) in [4.78, 5) is 1.35. The third kappa shape index (κ3) is 0.971. The lowest BCUT2D eigenvalue weighted by Crippen LogP contribution is -1.87. The van der Waals surface area contributed by atoms with Gasteiger partial charge in [0, 0.05) is 4.90 Å². The van der Waals surface area contributed by atoms with E-state index in [-0.39, 0.29) is 0 Å². The third-order valence-electron chi connectivity index (χ3n) is 1.54. The monoisotopic (exact) mass is 147 g/mol. The van der Waals surface area contributed by atoms with Crippen molar-refractivity contribution in [2.75, 3.05) is 0 Å². The summed E-state index contributed by atoms with van der Waals surface area (Å²) in [5.74, 6) is 0. The molecule has 10 heavy (non-hydrogen) atoms. The lowest BCUT2D eigenvalue weighted by Gasteiger charge is -2.07. The molecule has 0 saturated carbocycles. The van der Waals surface area contributed by atoms with Crippen molar-refractivity contribution in [3.8, 4) is 0 Å². The molecule has 0 aliphatic carbocycles. The van der Waals surface area contributed by atoms with Crippen LogP contribution in [0.2, 0.25) is 0 Å². The van der Waals surface area contributed by atoms with Crippen LogP contribution in [0.1, 0.15) is 5.56 Å². The molecule has 0 aromatic heterocycles. The van der Waals surface area contributed by atoms with Crippen LogP contribution in [0.5, 0.6) is 0 Å². The van der Waals surface area contributed by atoms with Crippen LogP contribution in [-0.2, 0) is 6.42 Å². The first-order valence-electron chi connectivity index (χ1n) is 3.27. The predicted octanol–water partition coefficient (Wildman–Crippen LogP) is 2.65. The first-order valence-corrected chi connectivity index (χ1v) is 4.15. The van der Waals surface area contributed by atoms with Gasteiger partial charge in [-0.3, -0.25) is 0 Å². The second-order valence-corrected chi connectivity index (χ2v) is 3.18. The number of thioether (sulfide) groups is 1. The summed E-state index contributed by atoms with van der Waals surface area (Å²) < 4.78 is 0. The lowest BCUT2D eigenvalue weighted by atomic mass is 10.1. The summed E-state index contributed by atoms with van der Waals surface area (Å²) in [5, 5.41) is 2.14. The van der Waals surface area contributed by atoms with E-state index in [9.17, 15) is 0 Å². The van der Waals surface area contributed by atoms with Gasteiger partial charge in [-0.2, -0.15) is 0 Å². The zero-order chi connectivity index (χ0) is 6.81. The van der Waals surface area contributed by atoms with Gasteiger partial charge in [0.15, 0.2) is 0 Å². The van der Waals surface area contributed by atoms with Crippen LogP contribution >= 0.6 is 11.8 Å². The molecular formula is C9H7S. The van der Waals surface area contributed by atoms with Gasteiger partial charge in [-0.1, -0.05) is 30.0 Å². The van der Waals surface area contributed by atoms with E-state index in [4.69, 9.17) is 0 Å². The van der Waals surface area contributed by atoms with Crippen LogP contribution in [0, 0.1) is 6.07 Å². The van der Waals surface area contributed by atoms with Crippen molar-refractivity contribution < 1.29 is 0 Å². The largest absolute Gasteiger partial charge is 0.0981 e. The highest BCUT2D eigenvalue weighted by Gasteiger charge is 2.01. The Morgan fingerprint density at radius 3 is 3.40 bits per heavy atom. The summed E-state index contributed by atoms with van der Waals surface area (Å²) in [6.45, 7) is 0. The zero-order valence-electron chi connectivity index (χ0n) is 5.50. The van der Waals surface area contributed by atoms with Gasteiger partial charge in [0.25, 0.3) is 0 Å². The topological polar surface area (TPSA) is 0 Å². The average molecular weight is 147 g/mol. The van der Waals surface area contributed by atoms with Crippen molar-refractivity contribution in [1.29, 1.82) is 0 Å². The van der Waals surface area contributed by atoms with E-state index in [1.165, 1.54) is 10.5 Å². The third-order valence-corrected chi connectivity index (χ3v) is 2.50. The van der Waals surface area contributed by atoms with Gasteiger partial charge in [-0.15, -0.1) is 0 Å². The number of allylic oxidation sites excluding steroid dienone is 1. The standard InChI is InChI=1S/C9H7S/c1-2-6-9-8(4-1)5-3-7-10-9/h1,3-4,6-7H,5H2. The molecule has 0 nitrogen and oxygen atoms in total. The minimum absolute atomic E-state index is 1.08. The molecule has 1 heteroatoms. The maximum atomic E-state index is 3.07. The van der Waals surface area contributed by atoms with Crippen LogP contribution in [0.3, 0.4) is 0 Å². The number of fused-ring (bicyclic) bond motifs is 1. The molecular weight excluding hydrogens is 140 g/mol. The Labute approximate surface area is 65.0 Å². The minimum Gasteiger partial charge on any atom is -0.0981 e. The van der Waals surface area contributed by atoms with E-state index in [1.807, 2.05) is 12.1 Å². The summed E-state index contributed by atoms with van der Waals surface area (Å²) in [6, 6.07) is 9.21. The molecule has 0 N–H and O–H groups in total. The summed E-state index contributed by atoms with van der Waals surface area (Å²) in [7, 11) is 0. The fourth-order valence-corrected chi connectivity index (χ4v) is 1.80. The van der Waals surface area contributed by atoms with Gasteiger partial charge < -0.3 is 0 Å². The molecule has 0 unspecified atom stereocenters. The number of benzene rings is 1. The SMILES string of the molecule is [c]1ccc2c(c1)SC=CC2. The van der Waals surface area contributed by atoms with Crippen LogP contribution in [0.4, 0.5) is 0 Å². The van der Waals surface area contributed by atoms with Gasteiger partial charge in [0.2, 0.25) is 0 Å². The second-order valence-electron chi connectivity index (χ2n) is 2.23. The number of hydrogen-bond donors (Lipinski definition) is 0. The summed E-state index contributed by atoms with van der Waals surface area (Å²) >= 11 is 1.78. The predicted molar refractivity (Wildman–Crippen MR) is 44.0 cm³/mol. The van der Waals surface area contributed by atoms with Gasteiger partial charge in [-0.05, 0) is 29.5 Å². The Balaban J connectivity index is 2.47. The normalized spacial score (nSPS) is 14.8. The van der Waals surface area contributed by atoms with Crippen LogP contribution < -0.4 is 0 Å². The van der Waals surface area contributed by atoms with Crippen molar-refractivity contribution >= 4 is 11.8 Å². The van der Waals surface area contributed by atoms with Gasteiger partial charge in [0.05, 0.1) is 0 Å². The van der Waals surface area contributed by atoms with Crippen molar-refractivity contribution in [3.63, 3.8) is 0 Å². The van der Waals surface area contributed by atoms with Crippen molar-refractivity contribution in [2.45, 2.75) is 11.3 Å². The Morgan fingerprint density at radius 1 is 1.50 bits per heavy atom. The molecule has 1 radical (unpaired) electrons. The lowest BCUT2D eigenvalue weighted by molar-refractivity contribution is 1.17. The molecule has 49 valence electrons. The van der Waals surface area contributed by atoms with E-state index < -0.39 is 0 Å². The van der Waals surface area contributed by atoms with Gasteiger partial charge >= 0.3 is 0 Å². The average Bonchev–Trinajstić information content (AvgIpc) is 2.05. The van der Waals surface area contributed by atoms with E-state index in [0.29, 0.717) is 0 Å². The van der Waals surface area contributed by atoms with E-state index in [1.54, 1.807) is 11.8 Å². The molecule has 0 saturated heterocycles. The highest BCUT2D eigenvalue weighted by Crippen LogP contribution is 2.27. The molecule has 0 bridgehead atoms. The smallest absolute Gasteiger partial charge is 0.0157 e. The highest BCUT2D eigenvalue weighted by atomic mass is 32.2. The Kier molecular flexibility index (Phi) is 1.52. The minimum atomic E-state index is 1.08. The van der Waals surface area contributed by atoms with Crippen molar-refractivity contribution in [2.24, 2.45) is 0 Å². The Hall–Kier alpha value is -0.690. The van der Waals surface area contributed by atoms with Crippen molar-refractivity contribution in [3.05, 3.63) is 41.3 Å². The molecule has 2 rings (SSSR count). The number of rotatable bonds is 0. The fraction of sp³-hybridized carbons (Fsp3) is 0.111. The molecule has 1 heterocycles.